The maximum Gasteiger partial charge on any atom is 0.416 e. The van der Waals surface area contributed by atoms with Gasteiger partial charge in [0.25, 0.3) is 0 Å². The zero-order chi connectivity index (χ0) is 15.6. The van der Waals surface area contributed by atoms with Crippen molar-refractivity contribution in [1.29, 1.82) is 0 Å². The van der Waals surface area contributed by atoms with E-state index in [0.29, 0.717) is 17.3 Å². The van der Waals surface area contributed by atoms with E-state index >= 15 is 0 Å². The summed E-state index contributed by atoms with van der Waals surface area (Å²) in [5, 5.41) is 7.70. The molecule has 1 aromatic carbocycles. The van der Waals surface area contributed by atoms with Crippen LogP contribution in [0.15, 0.2) is 24.3 Å². The summed E-state index contributed by atoms with van der Waals surface area (Å²) in [6.07, 6.45) is -4.35. The number of nitrogens with zero attached hydrogens (tertiary/aromatic N) is 2. The van der Waals surface area contributed by atoms with Crippen molar-refractivity contribution in [2.75, 3.05) is 0 Å². The minimum Gasteiger partial charge on any atom is -0.307 e. The second-order valence-corrected chi connectivity index (χ2v) is 5.11. The number of alkyl halides is 3. The Hall–Kier alpha value is -1.53. The van der Waals surface area contributed by atoms with Gasteiger partial charge in [-0.2, -0.15) is 18.3 Å². The Morgan fingerprint density at radius 2 is 1.90 bits per heavy atom. The average molecular weight is 318 g/mol. The van der Waals surface area contributed by atoms with Crippen LogP contribution in [0.5, 0.6) is 0 Å². The number of hydrogen-bond donors (Lipinski definition) is 1. The monoisotopic (exact) mass is 317 g/mol. The summed E-state index contributed by atoms with van der Waals surface area (Å²) >= 11 is 6.10. The molecule has 3 nitrogen and oxygen atoms in total. The van der Waals surface area contributed by atoms with Gasteiger partial charge < -0.3 is 5.32 Å². The van der Waals surface area contributed by atoms with Gasteiger partial charge in [0.15, 0.2) is 0 Å². The lowest BCUT2D eigenvalue weighted by atomic mass is 10.1. The van der Waals surface area contributed by atoms with Crippen LogP contribution in [0.1, 0.15) is 22.5 Å². The van der Waals surface area contributed by atoms with Crippen LogP contribution in [0.25, 0.3) is 0 Å². The smallest absolute Gasteiger partial charge is 0.307 e. The van der Waals surface area contributed by atoms with Crippen molar-refractivity contribution in [3.05, 3.63) is 51.8 Å². The molecule has 7 heteroatoms. The highest BCUT2D eigenvalue weighted by Gasteiger charge is 2.32. The summed E-state index contributed by atoms with van der Waals surface area (Å²) in [6.45, 7) is 2.24. The van der Waals surface area contributed by atoms with E-state index in [2.05, 4.69) is 10.4 Å². The SMILES string of the molecule is Cc1c(Cl)c(CNCc2ccccc2C(F)(F)F)nn1C. The highest BCUT2D eigenvalue weighted by molar-refractivity contribution is 6.31. The van der Waals surface area contributed by atoms with Crippen LogP contribution in [0.3, 0.4) is 0 Å². The van der Waals surface area contributed by atoms with Crippen molar-refractivity contribution in [3.63, 3.8) is 0 Å². The quantitative estimate of drug-likeness (QED) is 0.932. The second-order valence-electron chi connectivity index (χ2n) is 4.73. The number of halogens is 4. The molecule has 0 amide bonds. The molecule has 2 aromatic rings. The molecule has 0 aliphatic heterocycles. The first-order valence-electron chi connectivity index (χ1n) is 6.34. The van der Waals surface area contributed by atoms with Crippen LogP contribution in [-0.2, 0) is 26.3 Å². The Bertz CT molecular complexity index is 635. The first-order valence-corrected chi connectivity index (χ1v) is 6.72. The number of benzene rings is 1. The van der Waals surface area contributed by atoms with Gasteiger partial charge in [0, 0.05) is 20.1 Å². The normalized spacial score (nSPS) is 11.9. The molecule has 1 N–H and O–H groups in total. The molecule has 0 aliphatic carbocycles. The Morgan fingerprint density at radius 3 is 2.48 bits per heavy atom. The standard InChI is InChI=1S/C14H15ClF3N3/c1-9-13(15)12(20-21(9)2)8-19-7-10-5-3-4-6-11(10)14(16,17)18/h3-6,19H,7-8H2,1-2H3. The highest BCUT2D eigenvalue weighted by Crippen LogP contribution is 2.31. The van der Waals surface area contributed by atoms with Gasteiger partial charge in [-0.25, -0.2) is 0 Å². The van der Waals surface area contributed by atoms with E-state index < -0.39 is 11.7 Å². The lowest BCUT2D eigenvalue weighted by molar-refractivity contribution is -0.138. The summed E-state index contributed by atoms with van der Waals surface area (Å²) in [4.78, 5) is 0. The number of aryl methyl sites for hydroxylation is 1. The summed E-state index contributed by atoms with van der Waals surface area (Å²) in [5.41, 5.74) is 1.03. The summed E-state index contributed by atoms with van der Waals surface area (Å²) in [7, 11) is 1.77. The minimum absolute atomic E-state index is 0.0988. The highest BCUT2D eigenvalue weighted by atomic mass is 35.5. The maximum atomic E-state index is 12.9. The van der Waals surface area contributed by atoms with Crippen molar-refractivity contribution in [3.8, 4) is 0 Å². The zero-order valence-electron chi connectivity index (χ0n) is 11.6. The van der Waals surface area contributed by atoms with Crippen molar-refractivity contribution in [1.82, 2.24) is 15.1 Å². The fourth-order valence-electron chi connectivity index (χ4n) is 2.03. The summed E-state index contributed by atoms with van der Waals surface area (Å²) < 4.78 is 40.2. The number of rotatable bonds is 4. The van der Waals surface area contributed by atoms with E-state index in [1.54, 1.807) is 17.8 Å². The van der Waals surface area contributed by atoms with Crippen LogP contribution in [0.2, 0.25) is 5.02 Å². The topological polar surface area (TPSA) is 29.9 Å². The minimum atomic E-state index is -4.35. The molecule has 114 valence electrons. The maximum absolute atomic E-state index is 12.9. The Kier molecular flexibility index (Phi) is 4.58. The van der Waals surface area contributed by atoms with E-state index in [1.807, 2.05) is 6.92 Å². The van der Waals surface area contributed by atoms with Gasteiger partial charge in [0.1, 0.15) is 0 Å². The first-order chi connectivity index (χ1) is 9.80. The molecular weight excluding hydrogens is 303 g/mol. The van der Waals surface area contributed by atoms with Crippen molar-refractivity contribution >= 4 is 11.6 Å². The molecule has 21 heavy (non-hydrogen) atoms. The molecule has 0 spiro atoms. The third-order valence-corrected chi connectivity index (χ3v) is 3.75. The largest absolute Gasteiger partial charge is 0.416 e. The third-order valence-electron chi connectivity index (χ3n) is 3.26. The summed E-state index contributed by atoms with van der Waals surface area (Å²) in [5.74, 6) is 0. The lowest BCUT2D eigenvalue weighted by Crippen LogP contribution is -2.17. The molecule has 0 atom stereocenters. The number of nitrogens with one attached hydrogen (secondary N) is 1. The van der Waals surface area contributed by atoms with Crippen LogP contribution in [0, 0.1) is 6.92 Å². The average Bonchev–Trinajstić information content (AvgIpc) is 2.66. The molecule has 0 aliphatic rings. The van der Waals surface area contributed by atoms with E-state index in [0.717, 1.165) is 11.8 Å². The van der Waals surface area contributed by atoms with E-state index in [9.17, 15) is 13.2 Å². The fourth-order valence-corrected chi connectivity index (χ4v) is 2.26. The summed E-state index contributed by atoms with van der Waals surface area (Å²) in [6, 6.07) is 5.51. The van der Waals surface area contributed by atoms with Gasteiger partial charge in [0.05, 0.1) is 22.0 Å². The Labute approximate surface area is 125 Å². The second kappa shape index (κ2) is 6.07. The van der Waals surface area contributed by atoms with Gasteiger partial charge in [0.2, 0.25) is 0 Å². The van der Waals surface area contributed by atoms with Crippen LogP contribution >= 0.6 is 11.6 Å². The Balaban J connectivity index is 2.06. The Morgan fingerprint density at radius 1 is 1.24 bits per heavy atom. The molecule has 0 fully saturated rings. The van der Waals surface area contributed by atoms with Crippen molar-refractivity contribution in [2.24, 2.45) is 7.05 Å². The predicted molar refractivity (Wildman–Crippen MR) is 74.9 cm³/mol. The van der Waals surface area contributed by atoms with E-state index in [1.165, 1.54) is 12.1 Å². The number of hydrogen-bond acceptors (Lipinski definition) is 2. The third kappa shape index (κ3) is 3.57. The molecule has 0 bridgehead atoms. The molecule has 0 unspecified atom stereocenters. The molecule has 0 radical (unpaired) electrons. The number of aromatic nitrogens is 2. The van der Waals surface area contributed by atoms with E-state index in [4.69, 9.17) is 11.6 Å². The van der Waals surface area contributed by atoms with Gasteiger partial charge in [-0.1, -0.05) is 29.8 Å². The zero-order valence-corrected chi connectivity index (χ0v) is 12.4. The molecule has 1 aromatic heterocycles. The van der Waals surface area contributed by atoms with Crippen LogP contribution in [-0.4, -0.2) is 9.78 Å². The fraction of sp³-hybridized carbons (Fsp3) is 0.357. The van der Waals surface area contributed by atoms with Gasteiger partial charge in [-0.15, -0.1) is 0 Å². The molecule has 0 saturated heterocycles. The molecule has 2 rings (SSSR count). The van der Waals surface area contributed by atoms with Crippen molar-refractivity contribution < 1.29 is 13.2 Å². The molecule has 1 heterocycles. The van der Waals surface area contributed by atoms with Gasteiger partial charge in [-0.05, 0) is 18.6 Å². The van der Waals surface area contributed by atoms with Gasteiger partial charge >= 0.3 is 6.18 Å². The van der Waals surface area contributed by atoms with E-state index in [-0.39, 0.29) is 12.1 Å². The van der Waals surface area contributed by atoms with Crippen molar-refractivity contribution in [2.45, 2.75) is 26.2 Å². The van der Waals surface area contributed by atoms with Crippen LogP contribution in [0.4, 0.5) is 13.2 Å². The van der Waals surface area contributed by atoms with Gasteiger partial charge in [-0.3, -0.25) is 4.68 Å². The molecular formula is C14H15ClF3N3. The lowest BCUT2D eigenvalue weighted by Gasteiger charge is -2.12. The predicted octanol–water partition coefficient (Wildman–Crippen LogP) is 3.69. The van der Waals surface area contributed by atoms with Crippen LogP contribution < -0.4 is 5.32 Å². The molecule has 0 saturated carbocycles. The first kappa shape index (κ1) is 15.9.